The molecule has 1 N–H and O–H groups in total. The molecule has 0 radical (unpaired) electrons. The average Bonchev–Trinajstić information content (AvgIpc) is 2.70. The van der Waals surface area contributed by atoms with Crippen molar-refractivity contribution in [3.63, 3.8) is 0 Å². The van der Waals surface area contributed by atoms with Crippen molar-refractivity contribution in [1.29, 1.82) is 0 Å². The predicted molar refractivity (Wildman–Crippen MR) is 83.6 cm³/mol. The second kappa shape index (κ2) is 7.99. The maximum absolute atomic E-state index is 13.3. The lowest BCUT2D eigenvalue weighted by Crippen LogP contribution is -2.29. The van der Waals surface area contributed by atoms with Gasteiger partial charge in [-0.1, -0.05) is 50.3 Å². The monoisotopic (exact) mass is 297 g/mol. The van der Waals surface area contributed by atoms with Crippen molar-refractivity contribution < 1.29 is 4.39 Å². The molecule has 1 aliphatic rings. The van der Waals surface area contributed by atoms with Crippen molar-refractivity contribution in [3.05, 3.63) is 34.6 Å². The minimum atomic E-state index is -0.256. The van der Waals surface area contributed by atoms with Gasteiger partial charge >= 0.3 is 0 Å². The standard InChI is InChI=1S/C17H25ClFN/c1-2-11-20-17(13-7-5-3-4-6-8-13)15-10-9-14(19)12-16(15)18/h9-10,12-13,17,20H,2-8,11H2,1H3. The van der Waals surface area contributed by atoms with Crippen molar-refractivity contribution in [2.24, 2.45) is 5.92 Å². The Kier molecular flexibility index (Phi) is 6.31. The molecule has 1 atom stereocenters. The van der Waals surface area contributed by atoms with Gasteiger partial charge in [0.1, 0.15) is 5.82 Å². The predicted octanol–water partition coefficient (Wildman–Crippen LogP) is 5.49. The van der Waals surface area contributed by atoms with Crippen LogP contribution in [0.5, 0.6) is 0 Å². The molecule has 1 nitrogen and oxygen atoms in total. The smallest absolute Gasteiger partial charge is 0.124 e. The van der Waals surface area contributed by atoms with E-state index in [4.69, 9.17) is 11.6 Å². The van der Waals surface area contributed by atoms with Crippen molar-refractivity contribution in [2.45, 2.75) is 57.9 Å². The first-order valence-electron chi connectivity index (χ1n) is 7.90. The minimum Gasteiger partial charge on any atom is -0.310 e. The van der Waals surface area contributed by atoms with Crippen LogP contribution in [-0.4, -0.2) is 6.54 Å². The highest BCUT2D eigenvalue weighted by molar-refractivity contribution is 6.31. The minimum absolute atomic E-state index is 0.256. The molecule has 1 aliphatic carbocycles. The van der Waals surface area contributed by atoms with Crippen LogP contribution in [0.15, 0.2) is 18.2 Å². The first-order valence-corrected chi connectivity index (χ1v) is 8.28. The molecule has 0 bridgehead atoms. The van der Waals surface area contributed by atoms with E-state index in [2.05, 4.69) is 12.2 Å². The van der Waals surface area contributed by atoms with E-state index in [1.807, 2.05) is 6.07 Å². The van der Waals surface area contributed by atoms with E-state index in [1.165, 1.54) is 50.7 Å². The van der Waals surface area contributed by atoms with Crippen molar-refractivity contribution in [1.82, 2.24) is 5.32 Å². The molecule has 1 unspecified atom stereocenters. The zero-order valence-corrected chi connectivity index (χ0v) is 13.1. The zero-order valence-electron chi connectivity index (χ0n) is 12.3. The number of hydrogen-bond acceptors (Lipinski definition) is 1. The summed E-state index contributed by atoms with van der Waals surface area (Å²) < 4.78 is 13.3. The van der Waals surface area contributed by atoms with E-state index in [0.29, 0.717) is 10.9 Å². The van der Waals surface area contributed by atoms with E-state index in [0.717, 1.165) is 18.5 Å². The summed E-state index contributed by atoms with van der Waals surface area (Å²) in [5.41, 5.74) is 1.06. The Morgan fingerprint density at radius 3 is 2.55 bits per heavy atom. The van der Waals surface area contributed by atoms with Gasteiger partial charge in [-0.3, -0.25) is 0 Å². The largest absolute Gasteiger partial charge is 0.310 e. The lowest BCUT2D eigenvalue weighted by atomic mass is 9.87. The van der Waals surface area contributed by atoms with Crippen molar-refractivity contribution in [3.8, 4) is 0 Å². The summed E-state index contributed by atoms with van der Waals surface area (Å²) in [6.45, 7) is 3.15. The Morgan fingerprint density at radius 2 is 1.95 bits per heavy atom. The van der Waals surface area contributed by atoms with Gasteiger partial charge in [-0.15, -0.1) is 0 Å². The topological polar surface area (TPSA) is 12.0 Å². The first kappa shape index (κ1) is 15.8. The molecule has 0 spiro atoms. The Morgan fingerprint density at radius 1 is 1.25 bits per heavy atom. The highest BCUT2D eigenvalue weighted by Gasteiger charge is 2.25. The molecular formula is C17H25ClFN. The van der Waals surface area contributed by atoms with E-state index in [1.54, 1.807) is 0 Å². The lowest BCUT2D eigenvalue weighted by molar-refractivity contribution is 0.325. The second-order valence-electron chi connectivity index (χ2n) is 5.85. The maximum atomic E-state index is 13.3. The van der Waals surface area contributed by atoms with Gasteiger partial charge in [-0.2, -0.15) is 0 Å². The number of rotatable bonds is 5. The van der Waals surface area contributed by atoms with Gasteiger partial charge in [0.2, 0.25) is 0 Å². The molecule has 1 aromatic rings. The van der Waals surface area contributed by atoms with Gasteiger partial charge < -0.3 is 5.32 Å². The molecule has 112 valence electrons. The van der Waals surface area contributed by atoms with Crippen LogP contribution >= 0.6 is 11.6 Å². The van der Waals surface area contributed by atoms with Crippen LogP contribution in [0.1, 0.15) is 63.5 Å². The summed E-state index contributed by atoms with van der Waals surface area (Å²) in [5.74, 6) is 0.362. The Labute approximate surface area is 126 Å². The third kappa shape index (κ3) is 4.20. The fourth-order valence-electron chi connectivity index (χ4n) is 3.23. The highest BCUT2D eigenvalue weighted by Crippen LogP contribution is 2.36. The summed E-state index contributed by atoms with van der Waals surface area (Å²) in [4.78, 5) is 0. The molecule has 0 aliphatic heterocycles. The van der Waals surface area contributed by atoms with Crippen LogP contribution in [0, 0.1) is 11.7 Å². The highest BCUT2D eigenvalue weighted by atomic mass is 35.5. The summed E-state index contributed by atoms with van der Waals surface area (Å²) in [7, 11) is 0. The molecule has 0 heterocycles. The van der Waals surface area contributed by atoms with Crippen LogP contribution in [0.2, 0.25) is 5.02 Å². The summed E-state index contributed by atoms with van der Waals surface area (Å²) >= 11 is 6.28. The Hall–Kier alpha value is -0.600. The number of benzene rings is 1. The zero-order chi connectivity index (χ0) is 14.4. The summed E-state index contributed by atoms with van der Waals surface area (Å²) in [6.07, 6.45) is 8.87. The average molecular weight is 298 g/mol. The van der Waals surface area contributed by atoms with Gasteiger partial charge in [0, 0.05) is 11.1 Å². The number of hydrogen-bond donors (Lipinski definition) is 1. The first-order chi connectivity index (χ1) is 9.72. The molecule has 3 heteroatoms. The van der Waals surface area contributed by atoms with Crippen LogP contribution in [0.4, 0.5) is 4.39 Å². The molecule has 2 rings (SSSR count). The lowest BCUT2D eigenvalue weighted by Gasteiger charge is -2.28. The Balaban J connectivity index is 2.20. The van der Waals surface area contributed by atoms with E-state index in [-0.39, 0.29) is 11.9 Å². The Bertz CT molecular complexity index is 413. The van der Waals surface area contributed by atoms with Gasteiger partial charge in [0.05, 0.1) is 0 Å². The summed E-state index contributed by atoms with van der Waals surface area (Å²) in [6, 6.07) is 5.09. The molecule has 1 aromatic carbocycles. The van der Waals surface area contributed by atoms with Gasteiger partial charge in [0.15, 0.2) is 0 Å². The maximum Gasteiger partial charge on any atom is 0.124 e. The molecule has 0 saturated heterocycles. The van der Waals surface area contributed by atoms with Crippen LogP contribution in [0.3, 0.4) is 0 Å². The van der Waals surface area contributed by atoms with Gasteiger partial charge in [-0.25, -0.2) is 4.39 Å². The number of nitrogens with one attached hydrogen (secondary N) is 1. The van der Waals surface area contributed by atoms with Crippen LogP contribution < -0.4 is 5.32 Å². The molecule has 0 aromatic heterocycles. The number of halogens is 2. The van der Waals surface area contributed by atoms with Gasteiger partial charge in [0.25, 0.3) is 0 Å². The summed E-state index contributed by atoms with van der Waals surface area (Å²) in [5, 5.41) is 4.19. The van der Waals surface area contributed by atoms with E-state index >= 15 is 0 Å². The van der Waals surface area contributed by atoms with E-state index < -0.39 is 0 Å². The fourth-order valence-corrected chi connectivity index (χ4v) is 3.51. The second-order valence-corrected chi connectivity index (χ2v) is 6.26. The molecule has 1 saturated carbocycles. The normalized spacial score (nSPS) is 18.8. The third-order valence-electron chi connectivity index (χ3n) is 4.28. The van der Waals surface area contributed by atoms with E-state index in [9.17, 15) is 4.39 Å². The fraction of sp³-hybridized carbons (Fsp3) is 0.647. The van der Waals surface area contributed by atoms with Crippen molar-refractivity contribution >= 4 is 11.6 Å². The third-order valence-corrected chi connectivity index (χ3v) is 4.61. The molecule has 20 heavy (non-hydrogen) atoms. The quantitative estimate of drug-likeness (QED) is 0.709. The van der Waals surface area contributed by atoms with Crippen LogP contribution in [-0.2, 0) is 0 Å². The SMILES string of the molecule is CCCNC(c1ccc(F)cc1Cl)C1CCCCCC1. The van der Waals surface area contributed by atoms with Crippen molar-refractivity contribution in [2.75, 3.05) is 6.54 Å². The molecular weight excluding hydrogens is 273 g/mol. The molecule has 1 fully saturated rings. The van der Waals surface area contributed by atoms with Gasteiger partial charge in [-0.05, 0) is 49.4 Å². The molecule has 0 amide bonds. The van der Waals surface area contributed by atoms with Crippen LogP contribution in [0.25, 0.3) is 0 Å².